The number of nitrogens with one attached hydrogen (secondary N) is 2. The lowest BCUT2D eigenvalue weighted by molar-refractivity contribution is 0.623. The van der Waals surface area contributed by atoms with E-state index in [1.807, 2.05) is 18.2 Å². The Morgan fingerprint density at radius 1 is 1.10 bits per heavy atom. The van der Waals surface area contributed by atoms with Gasteiger partial charge in [-0.2, -0.15) is 10.1 Å². The van der Waals surface area contributed by atoms with Crippen molar-refractivity contribution in [1.82, 2.24) is 15.2 Å². The summed E-state index contributed by atoms with van der Waals surface area (Å²) < 4.78 is 0. The fourth-order valence-electron chi connectivity index (χ4n) is 1.81. The molecule has 0 aliphatic rings. The summed E-state index contributed by atoms with van der Waals surface area (Å²) in [6.45, 7) is 8.27. The largest absolute Gasteiger partial charge is 0.362 e. The maximum atomic E-state index is 4.43. The van der Waals surface area contributed by atoms with Crippen molar-refractivity contribution < 1.29 is 0 Å². The van der Waals surface area contributed by atoms with Crippen LogP contribution in [0.15, 0.2) is 36.5 Å². The molecule has 2 aromatic rings. The number of hydrogen-bond acceptors (Lipinski definition) is 5. The van der Waals surface area contributed by atoms with E-state index in [1.165, 1.54) is 5.56 Å². The summed E-state index contributed by atoms with van der Waals surface area (Å²) in [5.74, 6) is 1.24. The summed E-state index contributed by atoms with van der Waals surface area (Å²) >= 11 is 0. The first-order valence-electron chi connectivity index (χ1n) is 6.73. The van der Waals surface area contributed by atoms with Crippen molar-refractivity contribution in [1.29, 1.82) is 0 Å². The highest BCUT2D eigenvalue weighted by atomic mass is 15.3. The SMILES string of the molecule is CC(Nc1cnnc(NC(C)(C)C)n1)c1ccccc1. The zero-order valence-corrected chi connectivity index (χ0v) is 12.4. The molecule has 5 nitrogen and oxygen atoms in total. The highest BCUT2D eigenvalue weighted by Gasteiger charge is 2.12. The topological polar surface area (TPSA) is 62.7 Å². The summed E-state index contributed by atoms with van der Waals surface area (Å²) in [5.41, 5.74) is 1.11. The van der Waals surface area contributed by atoms with E-state index in [1.54, 1.807) is 6.20 Å². The summed E-state index contributed by atoms with van der Waals surface area (Å²) in [5, 5.41) is 14.5. The first-order valence-corrected chi connectivity index (χ1v) is 6.73. The van der Waals surface area contributed by atoms with E-state index in [2.05, 4.69) is 65.6 Å². The van der Waals surface area contributed by atoms with E-state index in [0.29, 0.717) is 11.8 Å². The first-order chi connectivity index (χ1) is 9.44. The second kappa shape index (κ2) is 5.86. The highest BCUT2D eigenvalue weighted by Crippen LogP contribution is 2.18. The van der Waals surface area contributed by atoms with Crippen LogP contribution in [0.5, 0.6) is 0 Å². The van der Waals surface area contributed by atoms with Crippen molar-refractivity contribution in [2.24, 2.45) is 0 Å². The van der Waals surface area contributed by atoms with Crippen LogP contribution in [0.25, 0.3) is 0 Å². The molecule has 1 aromatic heterocycles. The molecule has 1 heterocycles. The second-order valence-corrected chi connectivity index (χ2v) is 5.82. The van der Waals surface area contributed by atoms with Crippen molar-refractivity contribution in [3.05, 3.63) is 42.1 Å². The lowest BCUT2D eigenvalue weighted by Crippen LogP contribution is -2.27. The predicted octanol–water partition coefficient (Wildman–Crippen LogP) is 3.26. The molecule has 1 aromatic carbocycles. The third-order valence-electron chi connectivity index (χ3n) is 2.71. The smallest absolute Gasteiger partial charge is 0.245 e. The van der Waals surface area contributed by atoms with Gasteiger partial charge in [-0.25, -0.2) is 0 Å². The van der Waals surface area contributed by atoms with E-state index in [0.717, 1.165) is 0 Å². The molecule has 0 fully saturated rings. The Kier molecular flexibility index (Phi) is 4.17. The van der Waals surface area contributed by atoms with Crippen LogP contribution in [0.1, 0.15) is 39.3 Å². The van der Waals surface area contributed by atoms with Gasteiger partial charge in [0, 0.05) is 11.6 Å². The molecule has 1 unspecified atom stereocenters. The maximum Gasteiger partial charge on any atom is 0.245 e. The molecule has 20 heavy (non-hydrogen) atoms. The average molecular weight is 271 g/mol. The molecule has 1 atom stereocenters. The van der Waals surface area contributed by atoms with Gasteiger partial charge in [0.2, 0.25) is 5.95 Å². The summed E-state index contributed by atoms with van der Waals surface area (Å²) in [4.78, 5) is 4.43. The molecular weight excluding hydrogens is 250 g/mol. The number of aromatic nitrogens is 3. The van der Waals surface area contributed by atoms with Crippen molar-refractivity contribution in [3.63, 3.8) is 0 Å². The third kappa shape index (κ3) is 4.19. The van der Waals surface area contributed by atoms with Crippen LogP contribution in [0.3, 0.4) is 0 Å². The molecule has 0 bridgehead atoms. The molecule has 2 rings (SSSR count). The molecule has 0 radical (unpaired) electrons. The fourth-order valence-corrected chi connectivity index (χ4v) is 1.81. The second-order valence-electron chi connectivity index (χ2n) is 5.82. The van der Waals surface area contributed by atoms with Gasteiger partial charge in [0.1, 0.15) is 0 Å². The van der Waals surface area contributed by atoms with Gasteiger partial charge < -0.3 is 10.6 Å². The van der Waals surface area contributed by atoms with Gasteiger partial charge in [-0.05, 0) is 33.3 Å². The molecule has 0 aliphatic heterocycles. The van der Waals surface area contributed by atoms with Crippen LogP contribution < -0.4 is 10.6 Å². The van der Waals surface area contributed by atoms with E-state index in [-0.39, 0.29) is 11.6 Å². The summed E-state index contributed by atoms with van der Waals surface area (Å²) in [6, 6.07) is 10.4. The molecule has 106 valence electrons. The highest BCUT2D eigenvalue weighted by molar-refractivity contribution is 5.40. The Morgan fingerprint density at radius 3 is 2.45 bits per heavy atom. The lowest BCUT2D eigenvalue weighted by Gasteiger charge is -2.20. The quantitative estimate of drug-likeness (QED) is 0.893. The van der Waals surface area contributed by atoms with Gasteiger partial charge in [-0.3, -0.25) is 0 Å². The zero-order valence-electron chi connectivity index (χ0n) is 12.4. The molecular formula is C15H21N5. The maximum absolute atomic E-state index is 4.43. The number of anilines is 2. The van der Waals surface area contributed by atoms with Gasteiger partial charge in [0.25, 0.3) is 0 Å². The van der Waals surface area contributed by atoms with Gasteiger partial charge >= 0.3 is 0 Å². The van der Waals surface area contributed by atoms with Gasteiger partial charge in [-0.15, -0.1) is 5.10 Å². The fraction of sp³-hybridized carbons (Fsp3) is 0.400. The normalized spacial score (nSPS) is 12.8. The Hall–Kier alpha value is -2.17. The van der Waals surface area contributed by atoms with Crippen LogP contribution in [0, 0.1) is 0 Å². The van der Waals surface area contributed by atoms with Crippen LogP contribution in [0.2, 0.25) is 0 Å². The van der Waals surface area contributed by atoms with E-state index >= 15 is 0 Å². The van der Waals surface area contributed by atoms with E-state index in [9.17, 15) is 0 Å². The molecule has 0 saturated heterocycles. The van der Waals surface area contributed by atoms with Crippen molar-refractivity contribution in [2.45, 2.75) is 39.3 Å². The summed E-state index contributed by atoms with van der Waals surface area (Å²) in [6.07, 6.45) is 1.63. The first kappa shape index (κ1) is 14.2. The number of benzene rings is 1. The Morgan fingerprint density at radius 2 is 1.80 bits per heavy atom. The molecule has 0 spiro atoms. The number of nitrogens with zero attached hydrogens (tertiary/aromatic N) is 3. The van der Waals surface area contributed by atoms with Crippen LogP contribution in [-0.2, 0) is 0 Å². The zero-order chi connectivity index (χ0) is 14.6. The van der Waals surface area contributed by atoms with Crippen LogP contribution in [-0.4, -0.2) is 20.7 Å². The monoisotopic (exact) mass is 271 g/mol. The minimum atomic E-state index is -0.0919. The van der Waals surface area contributed by atoms with Gasteiger partial charge in [-0.1, -0.05) is 30.3 Å². The van der Waals surface area contributed by atoms with E-state index < -0.39 is 0 Å². The van der Waals surface area contributed by atoms with Crippen LogP contribution in [0.4, 0.5) is 11.8 Å². The Bertz CT molecular complexity index is 548. The molecule has 0 saturated carbocycles. The summed E-state index contributed by atoms with van der Waals surface area (Å²) in [7, 11) is 0. The van der Waals surface area contributed by atoms with Crippen molar-refractivity contribution >= 4 is 11.8 Å². The minimum absolute atomic E-state index is 0.0919. The standard InChI is InChI=1S/C15H21N5/c1-11(12-8-6-5-7-9-12)17-13-10-16-20-14(18-13)19-15(2,3)4/h5-11H,1-4H3,(H2,17,18,19,20). The molecule has 0 amide bonds. The van der Waals surface area contributed by atoms with Gasteiger partial charge in [0.15, 0.2) is 5.82 Å². The minimum Gasteiger partial charge on any atom is -0.362 e. The van der Waals surface area contributed by atoms with Crippen molar-refractivity contribution in [3.8, 4) is 0 Å². The number of rotatable bonds is 4. The average Bonchev–Trinajstić information content (AvgIpc) is 2.38. The Labute approximate surface area is 119 Å². The number of hydrogen-bond donors (Lipinski definition) is 2. The van der Waals surface area contributed by atoms with Gasteiger partial charge in [0.05, 0.1) is 6.20 Å². The third-order valence-corrected chi connectivity index (χ3v) is 2.71. The Balaban J connectivity index is 2.08. The molecule has 2 N–H and O–H groups in total. The van der Waals surface area contributed by atoms with Crippen molar-refractivity contribution in [2.75, 3.05) is 10.6 Å². The molecule has 5 heteroatoms. The predicted molar refractivity (Wildman–Crippen MR) is 81.7 cm³/mol. The molecule has 0 aliphatic carbocycles. The van der Waals surface area contributed by atoms with E-state index in [4.69, 9.17) is 0 Å². The lowest BCUT2D eigenvalue weighted by atomic mass is 10.1. The van der Waals surface area contributed by atoms with Crippen LogP contribution >= 0.6 is 0 Å².